The zero-order valence-corrected chi connectivity index (χ0v) is 19.5. The summed E-state index contributed by atoms with van der Waals surface area (Å²) in [4.78, 5) is 2.37. The largest absolute Gasteiger partial charge is 0.497 e. The van der Waals surface area contributed by atoms with Crippen LogP contribution in [0.4, 0.5) is 0 Å². The lowest BCUT2D eigenvalue weighted by Gasteiger charge is -2.25. The molecular weight excluding hydrogens is 414 g/mol. The number of methoxy groups -OCH3 is 1. The molecule has 0 bridgehead atoms. The van der Waals surface area contributed by atoms with E-state index in [1.165, 1.54) is 0 Å². The number of para-hydroxylation sites is 1. The average Bonchev–Trinajstić information content (AvgIpc) is 3.65. The summed E-state index contributed by atoms with van der Waals surface area (Å²) >= 11 is 0. The average molecular weight is 448 g/mol. The molecule has 2 aromatic carbocycles. The Labute approximate surface area is 196 Å². The zero-order chi connectivity index (χ0) is 23.2. The molecule has 1 N–H and O–H groups in total. The summed E-state index contributed by atoms with van der Waals surface area (Å²) in [5.74, 6) is 2.21. The molecule has 3 aromatic rings. The number of aliphatic hydroxyl groups excluding tert-OH is 1. The number of aliphatic hydroxyl groups is 1. The fourth-order valence-electron chi connectivity index (χ4n) is 3.98. The van der Waals surface area contributed by atoms with E-state index in [1.54, 1.807) is 7.11 Å². The Balaban J connectivity index is 1.65. The number of hydrogen-bond acceptors (Lipinski definition) is 5. The zero-order valence-electron chi connectivity index (χ0n) is 19.5. The Morgan fingerprint density at radius 3 is 2.48 bits per heavy atom. The molecule has 4 rings (SSSR count). The number of rotatable bonds is 12. The van der Waals surface area contributed by atoms with E-state index in [-0.39, 0.29) is 6.10 Å². The Morgan fingerprint density at radius 1 is 1.15 bits per heavy atom. The van der Waals surface area contributed by atoms with Gasteiger partial charge in [0.15, 0.2) is 0 Å². The summed E-state index contributed by atoms with van der Waals surface area (Å²) < 4.78 is 13.6. The highest BCUT2D eigenvalue weighted by Crippen LogP contribution is 2.35. The van der Waals surface area contributed by atoms with E-state index in [9.17, 15) is 5.11 Å². The van der Waals surface area contributed by atoms with E-state index in [4.69, 9.17) is 14.6 Å². The minimum absolute atomic E-state index is 0.376. The van der Waals surface area contributed by atoms with Gasteiger partial charge in [-0.1, -0.05) is 24.3 Å². The third-order valence-electron chi connectivity index (χ3n) is 5.99. The van der Waals surface area contributed by atoms with Gasteiger partial charge in [0, 0.05) is 19.1 Å². The molecule has 1 heterocycles. The summed E-state index contributed by atoms with van der Waals surface area (Å²) in [6.07, 6.45) is 5.35. The van der Waals surface area contributed by atoms with E-state index in [1.807, 2.05) is 72.3 Å². The Hall–Kier alpha value is -3.09. The molecule has 1 aromatic heterocycles. The van der Waals surface area contributed by atoms with Crippen LogP contribution in [0.5, 0.6) is 17.4 Å². The third kappa shape index (κ3) is 5.83. The van der Waals surface area contributed by atoms with Crippen LogP contribution in [0.2, 0.25) is 0 Å². The molecule has 0 radical (unpaired) electrons. The maximum absolute atomic E-state index is 10.6. The molecule has 0 aliphatic heterocycles. The molecule has 6 heteroatoms. The number of benzene rings is 2. The highest BCUT2D eigenvalue weighted by atomic mass is 16.5. The third-order valence-corrected chi connectivity index (χ3v) is 5.99. The summed E-state index contributed by atoms with van der Waals surface area (Å²) in [7, 11) is 1.65. The molecule has 33 heavy (non-hydrogen) atoms. The smallest absolute Gasteiger partial charge is 0.227 e. The van der Waals surface area contributed by atoms with Crippen LogP contribution < -0.4 is 9.47 Å². The molecular formula is C27H33N3O3. The first-order valence-electron chi connectivity index (χ1n) is 11.6. The molecule has 1 unspecified atom stereocenters. The van der Waals surface area contributed by atoms with Crippen LogP contribution in [0.25, 0.3) is 5.69 Å². The van der Waals surface area contributed by atoms with Gasteiger partial charge in [-0.05, 0) is 69.0 Å². The van der Waals surface area contributed by atoms with E-state index in [0.717, 1.165) is 54.1 Å². The molecule has 1 fully saturated rings. The minimum atomic E-state index is -0.376. The lowest BCUT2D eigenvalue weighted by atomic mass is 10.1. The lowest BCUT2D eigenvalue weighted by Crippen LogP contribution is -2.34. The molecule has 0 amide bonds. The number of hydrogen-bond donors (Lipinski definition) is 1. The van der Waals surface area contributed by atoms with Gasteiger partial charge in [-0.25, -0.2) is 4.68 Å². The van der Waals surface area contributed by atoms with Crippen LogP contribution in [0, 0.1) is 6.92 Å². The van der Waals surface area contributed by atoms with Gasteiger partial charge in [-0.2, -0.15) is 5.10 Å². The second kappa shape index (κ2) is 10.7. The molecule has 1 aliphatic rings. The van der Waals surface area contributed by atoms with Crippen LogP contribution in [-0.2, 0) is 6.54 Å². The van der Waals surface area contributed by atoms with E-state index < -0.39 is 0 Å². The molecule has 174 valence electrons. The minimum Gasteiger partial charge on any atom is -0.497 e. The summed E-state index contributed by atoms with van der Waals surface area (Å²) in [6.45, 7) is 7.11. The van der Waals surface area contributed by atoms with Gasteiger partial charge in [0.25, 0.3) is 0 Å². The lowest BCUT2D eigenvalue weighted by molar-refractivity contribution is 0.0975. The number of nitrogens with zero attached hydrogens (tertiary/aromatic N) is 3. The monoisotopic (exact) mass is 447 g/mol. The Bertz CT molecular complexity index is 1040. The van der Waals surface area contributed by atoms with Crippen LogP contribution in [-0.4, -0.2) is 45.6 Å². The number of aryl methyl sites for hydroxylation is 1. The van der Waals surface area contributed by atoms with Crippen molar-refractivity contribution in [2.45, 2.75) is 51.3 Å². The number of allylic oxidation sites excluding steroid dienone is 1. The van der Waals surface area contributed by atoms with Crippen LogP contribution >= 0.6 is 0 Å². The molecule has 0 saturated heterocycles. The van der Waals surface area contributed by atoms with Crippen molar-refractivity contribution in [3.8, 4) is 23.1 Å². The van der Waals surface area contributed by atoms with Crippen molar-refractivity contribution < 1.29 is 14.6 Å². The second-order valence-electron chi connectivity index (χ2n) is 8.57. The van der Waals surface area contributed by atoms with E-state index in [2.05, 4.69) is 11.5 Å². The first-order chi connectivity index (χ1) is 16.1. The van der Waals surface area contributed by atoms with Gasteiger partial charge in [-0.3, -0.25) is 4.90 Å². The van der Waals surface area contributed by atoms with Crippen molar-refractivity contribution in [3.63, 3.8) is 0 Å². The normalized spacial score (nSPS) is 14.3. The molecule has 1 atom stereocenters. The molecule has 1 aliphatic carbocycles. The first kappa shape index (κ1) is 23.1. The van der Waals surface area contributed by atoms with Gasteiger partial charge < -0.3 is 14.6 Å². The van der Waals surface area contributed by atoms with Crippen molar-refractivity contribution in [1.82, 2.24) is 14.7 Å². The fourth-order valence-corrected chi connectivity index (χ4v) is 3.98. The van der Waals surface area contributed by atoms with Gasteiger partial charge in [0.05, 0.1) is 30.2 Å². The summed E-state index contributed by atoms with van der Waals surface area (Å²) in [6, 6.07) is 18.1. The highest BCUT2D eigenvalue weighted by Gasteiger charge is 2.32. The maximum atomic E-state index is 10.6. The fraction of sp³-hybridized carbons (Fsp3) is 0.370. The molecule has 1 saturated carbocycles. The topological polar surface area (TPSA) is 59.8 Å². The number of ether oxygens (including phenoxy) is 2. The van der Waals surface area contributed by atoms with E-state index >= 15 is 0 Å². The molecule has 0 spiro atoms. The van der Waals surface area contributed by atoms with Crippen molar-refractivity contribution >= 4 is 0 Å². The molecule has 6 nitrogen and oxygen atoms in total. The first-order valence-corrected chi connectivity index (χ1v) is 11.6. The van der Waals surface area contributed by atoms with Crippen molar-refractivity contribution in [2.75, 3.05) is 13.7 Å². The Morgan fingerprint density at radius 2 is 1.85 bits per heavy atom. The highest BCUT2D eigenvalue weighted by molar-refractivity contribution is 5.44. The SMILES string of the molecule is C=CCCC(O)CN(Cc1c(C)nn(-c2ccccc2)c1Oc1ccc(OC)cc1)C1CC1. The standard InChI is InChI=1S/C27H33N3O3/c1-4-5-11-23(31)18-29(21-12-13-21)19-26-20(2)28-30(22-9-7-6-8-10-22)27(26)33-25-16-14-24(32-3)15-17-25/h4,6-10,14-17,21,23,31H,1,5,11-13,18-19H2,2-3H3. The van der Waals surface area contributed by atoms with Crippen molar-refractivity contribution in [3.05, 3.63) is 78.5 Å². The maximum Gasteiger partial charge on any atom is 0.227 e. The van der Waals surface area contributed by atoms with Crippen molar-refractivity contribution in [1.29, 1.82) is 0 Å². The quantitative estimate of drug-likeness (QED) is 0.383. The number of aromatic nitrogens is 2. The van der Waals surface area contributed by atoms with E-state index in [0.29, 0.717) is 25.0 Å². The predicted molar refractivity (Wildman–Crippen MR) is 130 cm³/mol. The van der Waals surface area contributed by atoms with Crippen molar-refractivity contribution in [2.24, 2.45) is 0 Å². The second-order valence-corrected chi connectivity index (χ2v) is 8.57. The van der Waals surface area contributed by atoms with Crippen LogP contribution in [0.15, 0.2) is 67.3 Å². The van der Waals surface area contributed by atoms with Gasteiger partial charge in [0.1, 0.15) is 11.5 Å². The van der Waals surface area contributed by atoms with Gasteiger partial charge in [-0.15, -0.1) is 6.58 Å². The van der Waals surface area contributed by atoms with Gasteiger partial charge >= 0.3 is 0 Å². The van der Waals surface area contributed by atoms with Gasteiger partial charge in [0.2, 0.25) is 5.88 Å². The Kier molecular flexibility index (Phi) is 7.47. The summed E-state index contributed by atoms with van der Waals surface area (Å²) in [5.41, 5.74) is 2.91. The van der Waals surface area contributed by atoms with Crippen LogP contribution in [0.1, 0.15) is 36.9 Å². The predicted octanol–water partition coefficient (Wildman–Crippen LogP) is 5.27. The van der Waals surface area contributed by atoms with Crippen LogP contribution in [0.3, 0.4) is 0 Å². The summed E-state index contributed by atoms with van der Waals surface area (Å²) in [5, 5.41) is 15.4.